The molecule has 0 aromatic heterocycles. The molecule has 0 unspecified atom stereocenters. The summed E-state index contributed by atoms with van der Waals surface area (Å²) in [6.45, 7) is 4.12. The molecule has 1 aliphatic rings. The van der Waals surface area contributed by atoms with Crippen LogP contribution in [0.3, 0.4) is 0 Å². The summed E-state index contributed by atoms with van der Waals surface area (Å²) in [6, 6.07) is 10.2. The fraction of sp³-hybridized carbons (Fsp3) is 0.611. The van der Waals surface area contributed by atoms with Crippen LogP contribution in [-0.2, 0) is 11.3 Å². The Bertz CT molecular complexity index is 430. The lowest BCUT2D eigenvalue weighted by Gasteiger charge is -2.32. The molecule has 0 saturated heterocycles. The maximum Gasteiger partial charge on any atom is 0.226 e. The third-order valence-corrected chi connectivity index (χ3v) is 4.70. The van der Waals surface area contributed by atoms with E-state index in [4.69, 9.17) is 5.73 Å². The minimum Gasteiger partial charge on any atom is -0.337 e. The number of carbonyl (C=O) groups excluding carboxylic acids is 1. The van der Waals surface area contributed by atoms with E-state index >= 15 is 0 Å². The third kappa shape index (κ3) is 5.29. The first-order valence-electron chi connectivity index (χ1n) is 8.27. The summed E-state index contributed by atoms with van der Waals surface area (Å²) < 4.78 is 0. The van der Waals surface area contributed by atoms with Gasteiger partial charge in [-0.25, -0.2) is 0 Å². The van der Waals surface area contributed by atoms with Gasteiger partial charge in [0, 0.05) is 25.6 Å². The maximum atomic E-state index is 12.8. The number of rotatable bonds is 6. The number of carbonyl (C=O) groups is 1. The largest absolute Gasteiger partial charge is 0.337 e. The smallest absolute Gasteiger partial charge is 0.226 e. The highest BCUT2D eigenvalue weighted by molar-refractivity contribution is 5.85. The molecule has 2 N–H and O–H groups in total. The molecule has 0 atom stereocenters. The Hall–Kier alpha value is -1.06. The molecule has 0 bridgehead atoms. The van der Waals surface area contributed by atoms with Gasteiger partial charge in [0.05, 0.1) is 0 Å². The van der Waals surface area contributed by atoms with Crippen molar-refractivity contribution in [3.63, 3.8) is 0 Å². The van der Waals surface area contributed by atoms with Crippen molar-refractivity contribution in [2.24, 2.45) is 17.6 Å². The average molecular weight is 325 g/mol. The zero-order valence-corrected chi connectivity index (χ0v) is 14.4. The fourth-order valence-corrected chi connectivity index (χ4v) is 3.30. The molecule has 1 amide bonds. The minimum absolute atomic E-state index is 0. The third-order valence-electron chi connectivity index (χ3n) is 4.70. The van der Waals surface area contributed by atoms with E-state index in [0.717, 1.165) is 18.8 Å². The van der Waals surface area contributed by atoms with E-state index in [1.807, 2.05) is 23.1 Å². The van der Waals surface area contributed by atoms with Gasteiger partial charge in [0.25, 0.3) is 0 Å². The highest BCUT2D eigenvalue weighted by Crippen LogP contribution is 2.31. The van der Waals surface area contributed by atoms with Gasteiger partial charge in [-0.2, -0.15) is 0 Å². The summed E-state index contributed by atoms with van der Waals surface area (Å²) in [5.74, 6) is 1.34. The van der Waals surface area contributed by atoms with E-state index in [1.165, 1.54) is 24.8 Å². The van der Waals surface area contributed by atoms with Crippen LogP contribution in [0.2, 0.25) is 0 Å². The van der Waals surface area contributed by atoms with Crippen molar-refractivity contribution in [2.75, 3.05) is 13.1 Å². The van der Waals surface area contributed by atoms with Crippen molar-refractivity contribution in [1.29, 1.82) is 0 Å². The Morgan fingerprint density at radius 1 is 1.18 bits per heavy atom. The van der Waals surface area contributed by atoms with E-state index in [2.05, 4.69) is 19.1 Å². The first-order chi connectivity index (χ1) is 10.2. The van der Waals surface area contributed by atoms with Crippen LogP contribution in [0.15, 0.2) is 30.3 Å². The second-order valence-electron chi connectivity index (χ2n) is 6.16. The zero-order valence-electron chi connectivity index (χ0n) is 13.5. The molecule has 3 nitrogen and oxygen atoms in total. The number of hydrogen-bond acceptors (Lipinski definition) is 2. The van der Waals surface area contributed by atoms with E-state index in [-0.39, 0.29) is 18.3 Å². The molecule has 4 heteroatoms. The van der Waals surface area contributed by atoms with Crippen molar-refractivity contribution < 1.29 is 4.79 Å². The molecule has 1 fully saturated rings. The van der Waals surface area contributed by atoms with Crippen molar-refractivity contribution in [1.82, 2.24) is 4.90 Å². The predicted molar refractivity (Wildman–Crippen MR) is 93.9 cm³/mol. The van der Waals surface area contributed by atoms with Gasteiger partial charge in [-0.3, -0.25) is 4.79 Å². The quantitative estimate of drug-likeness (QED) is 0.868. The van der Waals surface area contributed by atoms with E-state index in [9.17, 15) is 4.79 Å². The van der Waals surface area contributed by atoms with Crippen LogP contribution >= 0.6 is 12.4 Å². The lowest BCUT2D eigenvalue weighted by atomic mass is 9.80. The van der Waals surface area contributed by atoms with Gasteiger partial charge in [-0.15, -0.1) is 12.4 Å². The molecule has 1 aromatic rings. The molecule has 0 heterocycles. The molecule has 0 spiro atoms. The number of nitrogens with two attached hydrogens (primary N) is 1. The van der Waals surface area contributed by atoms with Crippen LogP contribution in [0.5, 0.6) is 0 Å². The number of amides is 1. The van der Waals surface area contributed by atoms with Crippen LogP contribution in [0.4, 0.5) is 0 Å². The zero-order chi connectivity index (χ0) is 15.1. The second kappa shape index (κ2) is 9.86. The van der Waals surface area contributed by atoms with E-state index < -0.39 is 0 Å². The summed E-state index contributed by atoms with van der Waals surface area (Å²) in [5, 5.41) is 0. The van der Waals surface area contributed by atoms with Gasteiger partial charge < -0.3 is 10.6 Å². The normalized spacial score (nSPS) is 21.0. The molecule has 124 valence electrons. The number of halogens is 1. The Balaban J connectivity index is 0.00000242. The van der Waals surface area contributed by atoms with E-state index in [0.29, 0.717) is 25.5 Å². The first kappa shape index (κ1) is 19.0. The van der Waals surface area contributed by atoms with Gasteiger partial charge in [0.15, 0.2) is 0 Å². The molecule has 0 aliphatic heterocycles. The van der Waals surface area contributed by atoms with Gasteiger partial charge in [-0.1, -0.05) is 43.7 Å². The maximum absolute atomic E-state index is 12.8. The van der Waals surface area contributed by atoms with Crippen molar-refractivity contribution in [2.45, 2.75) is 45.6 Å². The number of hydrogen-bond donors (Lipinski definition) is 1. The molecule has 1 aliphatic carbocycles. The first-order valence-corrected chi connectivity index (χ1v) is 8.27. The predicted octanol–water partition coefficient (Wildman–Crippen LogP) is 3.61. The molecule has 1 aromatic carbocycles. The van der Waals surface area contributed by atoms with Crippen LogP contribution in [-0.4, -0.2) is 23.9 Å². The van der Waals surface area contributed by atoms with Gasteiger partial charge in [0.1, 0.15) is 0 Å². The lowest BCUT2D eigenvalue weighted by Crippen LogP contribution is -2.40. The van der Waals surface area contributed by atoms with Crippen LogP contribution < -0.4 is 5.73 Å². The van der Waals surface area contributed by atoms with Crippen LogP contribution in [0.1, 0.15) is 44.6 Å². The highest BCUT2D eigenvalue weighted by Gasteiger charge is 2.28. The second-order valence-corrected chi connectivity index (χ2v) is 6.16. The minimum atomic E-state index is 0. The van der Waals surface area contributed by atoms with Crippen molar-refractivity contribution >= 4 is 18.3 Å². The molecular weight excluding hydrogens is 296 g/mol. The summed E-state index contributed by atoms with van der Waals surface area (Å²) >= 11 is 0. The topological polar surface area (TPSA) is 46.3 Å². The van der Waals surface area contributed by atoms with E-state index in [1.54, 1.807) is 0 Å². The van der Waals surface area contributed by atoms with Crippen molar-refractivity contribution in [3.8, 4) is 0 Å². The monoisotopic (exact) mass is 324 g/mol. The van der Waals surface area contributed by atoms with Crippen LogP contribution in [0.25, 0.3) is 0 Å². The summed E-state index contributed by atoms with van der Waals surface area (Å²) in [6.07, 6.45) is 5.75. The van der Waals surface area contributed by atoms with Crippen LogP contribution in [0, 0.1) is 11.8 Å². The molecule has 1 saturated carbocycles. The Morgan fingerprint density at radius 3 is 2.36 bits per heavy atom. The molecule has 2 rings (SSSR count). The van der Waals surface area contributed by atoms with Crippen molar-refractivity contribution in [3.05, 3.63) is 35.9 Å². The molecule has 0 radical (unpaired) electrons. The van der Waals surface area contributed by atoms with Gasteiger partial charge in [-0.05, 0) is 37.2 Å². The highest BCUT2D eigenvalue weighted by atomic mass is 35.5. The number of benzene rings is 1. The number of nitrogens with zero attached hydrogens (tertiary/aromatic N) is 1. The summed E-state index contributed by atoms with van der Waals surface area (Å²) in [4.78, 5) is 14.7. The fourth-order valence-electron chi connectivity index (χ4n) is 3.30. The molecule has 22 heavy (non-hydrogen) atoms. The SMILES string of the molecule is CCC1CCC(C(=O)N(CCN)Cc2ccccc2)CC1.Cl. The summed E-state index contributed by atoms with van der Waals surface area (Å²) in [5.41, 5.74) is 6.88. The Morgan fingerprint density at radius 2 is 1.82 bits per heavy atom. The Kier molecular flexibility index (Phi) is 8.51. The van der Waals surface area contributed by atoms with Gasteiger partial charge in [0.2, 0.25) is 5.91 Å². The lowest BCUT2D eigenvalue weighted by molar-refractivity contribution is -0.137. The Labute approximate surface area is 140 Å². The van der Waals surface area contributed by atoms with Gasteiger partial charge >= 0.3 is 0 Å². The molecular formula is C18H29ClN2O. The average Bonchev–Trinajstić information content (AvgIpc) is 2.55. The summed E-state index contributed by atoms with van der Waals surface area (Å²) in [7, 11) is 0. The standard InChI is InChI=1S/C18H28N2O.ClH/c1-2-15-8-10-17(11-9-15)18(21)20(13-12-19)14-16-6-4-3-5-7-16;/h3-7,15,17H,2,8-14,19H2,1H3;1H.